The Morgan fingerprint density at radius 2 is 1.95 bits per heavy atom. The third-order valence-electron chi connectivity index (χ3n) is 2.82. The summed E-state index contributed by atoms with van der Waals surface area (Å²) in [7, 11) is 7.52. The van der Waals surface area contributed by atoms with E-state index in [1.54, 1.807) is 25.3 Å². The van der Waals surface area contributed by atoms with Gasteiger partial charge in [-0.25, -0.2) is 0 Å². The number of carbonyl (C=O) groups excluding carboxylic acids is 1. The number of Topliss-reactive ketones (excluding diaryl/α,β-unsaturated/α-hetero) is 1. The van der Waals surface area contributed by atoms with E-state index in [1.807, 2.05) is 26.0 Å². The van der Waals surface area contributed by atoms with Crippen LogP contribution in [0, 0.1) is 0 Å². The summed E-state index contributed by atoms with van der Waals surface area (Å²) in [6.07, 6.45) is 0. The third kappa shape index (κ3) is 5.19. The van der Waals surface area contributed by atoms with E-state index in [9.17, 15) is 4.79 Å². The second-order valence-corrected chi connectivity index (χ2v) is 5.22. The van der Waals surface area contributed by atoms with E-state index in [0.717, 1.165) is 13.1 Å². The highest BCUT2D eigenvalue weighted by Crippen LogP contribution is 2.25. The number of halogens is 1. The average Bonchev–Trinajstić information content (AvgIpc) is 2.36. The molecule has 0 saturated heterocycles. The summed E-state index contributed by atoms with van der Waals surface area (Å²) in [6, 6.07) is 5.12. The fraction of sp³-hybridized carbons (Fsp3) is 0.500. The van der Waals surface area contributed by atoms with E-state index in [0.29, 0.717) is 22.9 Å². The fourth-order valence-corrected chi connectivity index (χ4v) is 1.88. The number of ether oxygens (including phenoxy) is 1. The Hall–Kier alpha value is -1.10. The van der Waals surface area contributed by atoms with Crippen LogP contribution < -0.4 is 4.74 Å². The van der Waals surface area contributed by atoms with Gasteiger partial charge in [0.2, 0.25) is 0 Å². The second-order valence-electron chi connectivity index (χ2n) is 4.81. The Morgan fingerprint density at radius 1 is 1.26 bits per heavy atom. The van der Waals surface area contributed by atoms with Crippen molar-refractivity contribution in [2.75, 3.05) is 47.9 Å². The number of rotatable bonds is 7. The van der Waals surface area contributed by atoms with E-state index in [4.69, 9.17) is 16.3 Å². The lowest BCUT2D eigenvalue weighted by atomic mass is 10.1. The van der Waals surface area contributed by atoms with Crippen LogP contribution in [0.15, 0.2) is 18.2 Å². The SMILES string of the molecule is COc1ccc(C(=O)CN(C)CCN(C)C)cc1Cl. The molecule has 0 heterocycles. The minimum absolute atomic E-state index is 0.0609. The molecule has 0 amide bonds. The molecule has 0 N–H and O–H groups in total. The molecule has 106 valence electrons. The molecule has 0 bridgehead atoms. The van der Waals surface area contributed by atoms with E-state index in [-0.39, 0.29) is 5.78 Å². The Balaban J connectivity index is 2.60. The smallest absolute Gasteiger partial charge is 0.176 e. The van der Waals surface area contributed by atoms with Gasteiger partial charge in [0.1, 0.15) is 5.75 Å². The summed E-state index contributed by atoms with van der Waals surface area (Å²) < 4.78 is 5.07. The molecule has 0 atom stereocenters. The van der Waals surface area contributed by atoms with Gasteiger partial charge in [0, 0.05) is 18.7 Å². The van der Waals surface area contributed by atoms with Crippen LogP contribution >= 0.6 is 11.6 Å². The molecule has 5 heteroatoms. The quantitative estimate of drug-likeness (QED) is 0.717. The predicted molar refractivity (Wildman–Crippen MR) is 78.4 cm³/mol. The van der Waals surface area contributed by atoms with Crippen LogP contribution in [0.2, 0.25) is 5.02 Å². The second kappa shape index (κ2) is 7.48. The number of likely N-dealkylation sites (N-methyl/N-ethyl adjacent to an activating group) is 2. The van der Waals surface area contributed by atoms with E-state index < -0.39 is 0 Å². The number of ketones is 1. The van der Waals surface area contributed by atoms with Gasteiger partial charge in [-0.05, 0) is 39.3 Å². The van der Waals surface area contributed by atoms with Crippen molar-refractivity contribution in [3.05, 3.63) is 28.8 Å². The zero-order chi connectivity index (χ0) is 14.4. The first-order valence-corrected chi connectivity index (χ1v) is 6.52. The number of hydrogen-bond acceptors (Lipinski definition) is 4. The number of methoxy groups -OCH3 is 1. The maximum atomic E-state index is 12.1. The van der Waals surface area contributed by atoms with Crippen molar-refractivity contribution < 1.29 is 9.53 Å². The topological polar surface area (TPSA) is 32.8 Å². The summed E-state index contributed by atoms with van der Waals surface area (Å²) in [5.41, 5.74) is 0.613. The Morgan fingerprint density at radius 3 is 2.47 bits per heavy atom. The number of nitrogens with zero attached hydrogens (tertiary/aromatic N) is 2. The van der Waals surface area contributed by atoms with Crippen LogP contribution in [-0.4, -0.2) is 63.5 Å². The summed E-state index contributed by atoms with van der Waals surface area (Å²) in [5, 5.41) is 0.462. The van der Waals surface area contributed by atoms with Crippen molar-refractivity contribution in [3.8, 4) is 5.75 Å². The molecule has 0 aromatic heterocycles. The van der Waals surface area contributed by atoms with Crippen molar-refractivity contribution in [2.24, 2.45) is 0 Å². The summed E-state index contributed by atoms with van der Waals surface area (Å²) in [6.45, 7) is 2.16. The lowest BCUT2D eigenvalue weighted by Crippen LogP contribution is -2.32. The van der Waals surface area contributed by atoms with E-state index in [1.165, 1.54) is 0 Å². The van der Waals surface area contributed by atoms with Crippen LogP contribution in [0.25, 0.3) is 0 Å². The van der Waals surface area contributed by atoms with E-state index in [2.05, 4.69) is 4.90 Å². The average molecular weight is 285 g/mol. The number of carbonyl (C=O) groups is 1. The predicted octanol–water partition coefficient (Wildman–Crippen LogP) is 2.02. The molecule has 19 heavy (non-hydrogen) atoms. The maximum Gasteiger partial charge on any atom is 0.176 e. The van der Waals surface area contributed by atoms with Crippen molar-refractivity contribution in [1.82, 2.24) is 9.80 Å². The molecule has 0 aliphatic rings. The molecule has 0 unspecified atom stereocenters. The Kier molecular flexibility index (Phi) is 6.28. The van der Waals surface area contributed by atoms with Crippen molar-refractivity contribution in [1.29, 1.82) is 0 Å². The van der Waals surface area contributed by atoms with Gasteiger partial charge in [-0.15, -0.1) is 0 Å². The molecule has 1 aromatic rings. The van der Waals surface area contributed by atoms with Crippen LogP contribution in [0.5, 0.6) is 5.75 Å². The Labute approximate surface area is 119 Å². The molecular formula is C14H21ClN2O2. The monoisotopic (exact) mass is 284 g/mol. The summed E-state index contributed by atoms with van der Waals surface area (Å²) in [4.78, 5) is 16.2. The standard InChI is InChI=1S/C14H21ClN2O2/c1-16(2)7-8-17(3)10-13(18)11-5-6-14(19-4)12(15)9-11/h5-6,9H,7-8,10H2,1-4H3. The van der Waals surface area contributed by atoms with E-state index >= 15 is 0 Å². The number of hydrogen-bond donors (Lipinski definition) is 0. The molecular weight excluding hydrogens is 264 g/mol. The van der Waals surface area contributed by atoms with Gasteiger partial charge in [-0.3, -0.25) is 9.69 Å². The van der Waals surface area contributed by atoms with Gasteiger partial charge in [-0.1, -0.05) is 11.6 Å². The largest absolute Gasteiger partial charge is 0.495 e. The molecule has 0 aliphatic heterocycles. The molecule has 0 fully saturated rings. The molecule has 0 saturated carbocycles. The molecule has 0 spiro atoms. The maximum absolute atomic E-state index is 12.1. The zero-order valence-corrected chi connectivity index (χ0v) is 12.7. The highest BCUT2D eigenvalue weighted by Gasteiger charge is 2.11. The highest BCUT2D eigenvalue weighted by atomic mass is 35.5. The van der Waals surface area contributed by atoms with Crippen molar-refractivity contribution in [3.63, 3.8) is 0 Å². The zero-order valence-electron chi connectivity index (χ0n) is 11.9. The molecule has 1 aromatic carbocycles. The van der Waals surface area contributed by atoms with Gasteiger partial charge in [0.25, 0.3) is 0 Å². The lowest BCUT2D eigenvalue weighted by Gasteiger charge is -2.18. The number of benzene rings is 1. The third-order valence-corrected chi connectivity index (χ3v) is 3.11. The summed E-state index contributed by atoms with van der Waals surface area (Å²) in [5.74, 6) is 0.644. The first-order chi connectivity index (χ1) is 8.93. The minimum atomic E-state index is 0.0609. The normalized spacial score (nSPS) is 11.1. The molecule has 4 nitrogen and oxygen atoms in total. The first-order valence-electron chi connectivity index (χ1n) is 6.14. The lowest BCUT2D eigenvalue weighted by molar-refractivity contribution is 0.0942. The molecule has 0 radical (unpaired) electrons. The van der Waals surface area contributed by atoms with Crippen LogP contribution in [0.4, 0.5) is 0 Å². The van der Waals surface area contributed by atoms with Crippen molar-refractivity contribution in [2.45, 2.75) is 0 Å². The molecule has 0 aliphatic carbocycles. The Bertz CT molecular complexity index is 435. The first kappa shape index (κ1) is 16.0. The fourth-order valence-electron chi connectivity index (χ4n) is 1.63. The van der Waals surface area contributed by atoms with Crippen molar-refractivity contribution >= 4 is 17.4 Å². The highest BCUT2D eigenvalue weighted by molar-refractivity contribution is 6.32. The van der Waals surface area contributed by atoms with Crippen LogP contribution in [0.3, 0.4) is 0 Å². The molecule has 1 rings (SSSR count). The summed E-state index contributed by atoms with van der Waals surface area (Å²) >= 11 is 6.02. The van der Waals surface area contributed by atoms with Gasteiger partial charge in [0.15, 0.2) is 5.78 Å². The van der Waals surface area contributed by atoms with Gasteiger partial charge < -0.3 is 9.64 Å². The van der Waals surface area contributed by atoms with Gasteiger partial charge in [-0.2, -0.15) is 0 Å². The van der Waals surface area contributed by atoms with Crippen LogP contribution in [-0.2, 0) is 0 Å². The minimum Gasteiger partial charge on any atom is -0.495 e. The van der Waals surface area contributed by atoms with Gasteiger partial charge in [0.05, 0.1) is 18.7 Å². The van der Waals surface area contributed by atoms with Crippen LogP contribution in [0.1, 0.15) is 10.4 Å². The van der Waals surface area contributed by atoms with Gasteiger partial charge >= 0.3 is 0 Å².